The average Bonchev–Trinajstić information content (AvgIpc) is 3.25. The number of aromatic nitrogens is 1. The van der Waals surface area contributed by atoms with E-state index in [0.29, 0.717) is 15.6 Å². The normalized spacial score (nSPS) is 10.9. The zero-order valence-corrected chi connectivity index (χ0v) is 18.4. The lowest BCUT2D eigenvalue weighted by Crippen LogP contribution is -2.17. The molecule has 1 aromatic heterocycles. The number of hydrogen-bond donors (Lipinski definition) is 2. The van der Waals surface area contributed by atoms with Gasteiger partial charge in [-0.2, -0.15) is 5.10 Å². The van der Waals surface area contributed by atoms with Crippen LogP contribution in [0.1, 0.15) is 15.9 Å². The van der Waals surface area contributed by atoms with Crippen molar-refractivity contribution in [2.75, 3.05) is 5.32 Å². The summed E-state index contributed by atoms with van der Waals surface area (Å²) in [6.45, 7) is 0. The van der Waals surface area contributed by atoms with Gasteiger partial charge in [-0.05, 0) is 54.1 Å². The number of anilines is 2. The molecule has 4 aromatic rings. The van der Waals surface area contributed by atoms with Crippen LogP contribution in [0.5, 0.6) is 0 Å². The number of nitrogens with zero attached hydrogens (tertiary/aromatic N) is 2. The van der Waals surface area contributed by atoms with Gasteiger partial charge in [0.2, 0.25) is 0 Å². The Hall–Kier alpha value is -3.19. The van der Waals surface area contributed by atoms with E-state index in [-0.39, 0.29) is 5.91 Å². The Morgan fingerprint density at radius 3 is 2.23 bits per heavy atom. The number of amides is 1. The Morgan fingerprint density at radius 2 is 1.55 bits per heavy atom. The van der Waals surface area contributed by atoms with Crippen molar-refractivity contribution < 1.29 is 4.79 Å². The number of benzene rings is 3. The fourth-order valence-corrected chi connectivity index (χ4v) is 3.68. The van der Waals surface area contributed by atoms with E-state index in [1.165, 1.54) is 11.3 Å². The third kappa shape index (κ3) is 5.70. The third-order valence-corrected chi connectivity index (χ3v) is 5.55. The van der Waals surface area contributed by atoms with Gasteiger partial charge in [-0.1, -0.05) is 47.5 Å². The van der Waals surface area contributed by atoms with Crippen LogP contribution >= 0.6 is 34.5 Å². The first-order valence-corrected chi connectivity index (χ1v) is 10.9. The molecule has 0 aliphatic rings. The van der Waals surface area contributed by atoms with Crippen molar-refractivity contribution >= 4 is 57.5 Å². The van der Waals surface area contributed by atoms with Crippen molar-refractivity contribution in [3.63, 3.8) is 0 Å². The molecule has 31 heavy (non-hydrogen) atoms. The Morgan fingerprint density at radius 1 is 0.903 bits per heavy atom. The first kappa shape index (κ1) is 21.1. The molecule has 0 aliphatic heterocycles. The van der Waals surface area contributed by atoms with E-state index < -0.39 is 0 Å². The summed E-state index contributed by atoms with van der Waals surface area (Å²) < 4.78 is 0. The van der Waals surface area contributed by atoms with E-state index in [1.807, 2.05) is 53.9 Å². The van der Waals surface area contributed by atoms with Crippen LogP contribution in [0.4, 0.5) is 10.8 Å². The van der Waals surface area contributed by atoms with Crippen molar-refractivity contribution in [3.05, 3.63) is 99.3 Å². The molecule has 8 heteroatoms. The molecule has 1 heterocycles. The van der Waals surface area contributed by atoms with Crippen LogP contribution in [0.15, 0.2) is 83.3 Å². The van der Waals surface area contributed by atoms with Gasteiger partial charge in [-0.25, -0.2) is 10.4 Å². The molecule has 0 unspecified atom stereocenters. The summed E-state index contributed by atoms with van der Waals surface area (Å²) >= 11 is 13.3. The van der Waals surface area contributed by atoms with Gasteiger partial charge in [-0.15, -0.1) is 11.3 Å². The molecular weight excluding hydrogens is 451 g/mol. The molecule has 1 amide bonds. The second kappa shape index (κ2) is 9.75. The highest BCUT2D eigenvalue weighted by Gasteiger charge is 2.08. The van der Waals surface area contributed by atoms with Crippen LogP contribution in [0.25, 0.3) is 11.3 Å². The largest absolute Gasteiger partial charge is 0.332 e. The molecule has 5 nitrogen and oxygen atoms in total. The van der Waals surface area contributed by atoms with Gasteiger partial charge in [0.25, 0.3) is 5.91 Å². The highest BCUT2D eigenvalue weighted by Crippen LogP contribution is 2.27. The third-order valence-electron chi connectivity index (χ3n) is 4.29. The Bertz CT molecular complexity index is 1200. The van der Waals surface area contributed by atoms with Gasteiger partial charge in [-0.3, -0.25) is 4.79 Å². The number of carbonyl (C=O) groups excluding carboxylic acids is 1. The first-order chi connectivity index (χ1) is 15.1. The summed E-state index contributed by atoms with van der Waals surface area (Å²) in [5, 5.41) is 11.3. The van der Waals surface area contributed by atoms with Crippen LogP contribution in [0, 0.1) is 0 Å². The van der Waals surface area contributed by atoms with Gasteiger partial charge in [0.05, 0.1) is 11.9 Å². The molecule has 0 atom stereocenters. The number of nitrogens with one attached hydrogen (secondary N) is 2. The van der Waals surface area contributed by atoms with Crippen molar-refractivity contribution in [2.24, 2.45) is 5.10 Å². The summed E-state index contributed by atoms with van der Waals surface area (Å²) in [7, 11) is 0. The highest BCUT2D eigenvalue weighted by atomic mass is 35.5. The van der Waals surface area contributed by atoms with Gasteiger partial charge < -0.3 is 5.32 Å². The lowest BCUT2D eigenvalue weighted by Gasteiger charge is -2.03. The number of hydrogen-bond acceptors (Lipinski definition) is 5. The molecule has 0 radical (unpaired) electrons. The van der Waals surface area contributed by atoms with Gasteiger partial charge in [0, 0.05) is 32.2 Å². The first-order valence-electron chi connectivity index (χ1n) is 9.24. The van der Waals surface area contributed by atoms with E-state index in [4.69, 9.17) is 23.2 Å². The highest BCUT2D eigenvalue weighted by molar-refractivity contribution is 7.14. The van der Waals surface area contributed by atoms with Gasteiger partial charge in [0.15, 0.2) is 5.13 Å². The molecule has 0 aliphatic carbocycles. The summed E-state index contributed by atoms with van der Waals surface area (Å²) in [6.07, 6.45) is 1.56. The number of halogens is 2. The molecule has 2 N–H and O–H groups in total. The number of hydrazone groups is 1. The minimum absolute atomic E-state index is 0.292. The summed E-state index contributed by atoms with van der Waals surface area (Å²) in [5.74, 6) is -0.292. The molecule has 0 bridgehead atoms. The topological polar surface area (TPSA) is 66.4 Å². The van der Waals surface area contributed by atoms with Crippen LogP contribution in [0.2, 0.25) is 10.0 Å². The molecule has 4 rings (SSSR count). The number of carbonyl (C=O) groups is 1. The Balaban J connectivity index is 1.37. The van der Waals surface area contributed by atoms with E-state index in [9.17, 15) is 4.79 Å². The fourth-order valence-electron chi connectivity index (χ4n) is 2.69. The zero-order valence-electron chi connectivity index (χ0n) is 16.0. The molecular formula is C23H16Cl2N4OS. The lowest BCUT2D eigenvalue weighted by atomic mass is 10.1. The molecule has 3 aromatic carbocycles. The SMILES string of the molecule is O=C(N/N=C\c1ccc(Cl)cc1)c1ccc(-c2csc(Nc3ccc(Cl)cc3)n2)cc1. The van der Waals surface area contributed by atoms with Crippen LogP contribution in [0.3, 0.4) is 0 Å². The van der Waals surface area contributed by atoms with Gasteiger partial charge in [0.1, 0.15) is 0 Å². The Labute approximate surface area is 193 Å². The van der Waals surface area contributed by atoms with Crippen molar-refractivity contribution in [1.82, 2.24) is 10.4 Å². The van der Waals surface area contributed by atoms with Crippen molar-refractivity contribution in [1.29, 1.82) is 0 Å². The molecule has 0 spiro atoms. The summed E-state index contributed by atoms with van der Waals surface area (Å²) in [4.78, 5) is 16.9. The summed E-state index contributed by atoms with van der Waals surface area (Å²) in [6, 6.07) is 21.8. The second-order valence-corrected chi connectivity index (χ2v) is 8.23. The smallest absolute Gasteiger partial charge is 0.271 e. The molecule has 0 saturated carbocycles. The Kier molecular flexibility index (Phi) is 6.62. The van der Waals surface area contributed by atoms with E-state index in [1.54, 1.807) is 30.5 Å². The second-order valence-electron chi connectivity index (χ2n) is 6.50. The maximum absolute atomic E-state index is 12.3. The molecule has 0 saturated heterocycles. The monoisotopic (exact) mass is 466 g/mol. The standard InChI is InChI=1S/C23H16Cl2N4OS/c24-18-7-1-15(2-8-18)13-26-29-22(30)17-5-3-16(4-6-17)21-14-31-23(28-21)27-20-11-9-19(25)10-12-20/h1-14H,(H,27,28)(H,29,30)/b26-13-. The average molecular weight is 467 g/mol. The summed E-state index contributed by atoms with van der Waals surface area (Å²) in [5.41, 5.74) is 6.53. The van der Waals surface area contributed by atoms with E-state index in [0.717, 1.165) is 27.6 Å². The van der Waals surface area contributed by atoms with Crippen LogP contribution in [-0.4, -0.2) is 17.1 Å². The van der Waals surface area contributed by atoms with E-state index in [2.05, 4.69) is 20.8 Å². The predicted molar refractivity (Wildman–Crippen MR) is 129 cm³/mol. The maximum Gasteiger partial charge on any atom is 0.271 e. The lowest BCUT2D eigenvalue weighted by molar-refractivity contribution is 0.0955. The van der Waals surface area contributed by atoms with Crippen molar-refractivity contribution in [3.8, 4) is 11.3 Å². The van der Waals surface area contributed by atoms with Crippen molar-refractivity contribution in [2.45, 2.75) is 0 Å². The van der Waals surface area contributed by atoms with Crippen LogP contribution < -0.4 is 10.7 Å². The molecule has 154 valence electrons. The predicted octanol–water partition coefficient (Wildman–Crippen LogP) is 6.62. The van der Waals surface area contributed by atoms with Crippen LogP contribution in [-0.2, 0) is 0 Å². The van der Waals surface area contributed by atoms with Gasteiger partial charge >= 0.3 is 0 Å². The number of thiazole rings is 1. The quantitative estimate of drug-likeness (QED) is 0.247. The number of rotatable bonds is 6. The minimum atomic E-state index is -0.292. The van der Waals surface area contributed by atoms with E-state index >= 15 is 0 Å². The minimum Gasteiger partial charge on any atom is -0.332 e. The zero-order chi connectivity index (χ0) is 21.6. The maximum atomic E-state index is 12.3. The fraction of sp³-hybridized carbons (Fsp3) is 0. The molecule has 0 fully saturated rings.